The van der Waals surface area contributed by atoms with Crippen LogP contribution in [-0.4, -0.2) is 50.6 Å². The average molecular weight is 488 g/mol. The number of H-pyrrole nitrogens is 1. The van der Waals surface area contributed by atoms with Gasteiger partial charge in [0.15, 0.2) is 17.3 Å². The lowest BCUT2D eigenvalue weighted by atomic mass is 9.89. The van der Waals surface area contributed by atoms with E-state index in [1.807, 2.05) is 12.1 Å². The number of rotatable bonds is 9. The van der Waals surface area contributed by atoms with Crippen molar-refractivity contribution in [3.8, 4) is 17.4 Å². The van der Waals surface area contributed by atoms with E-state index in [9.17, 15) is 9.59 Å². The van der Waals surface area contributed by atoms with Crippen LogP contribution >= 0.6 is 0 Å². The van der Waals surface area contributed by atoms with E-state index in [1.54, 1.807) is 30.3 Å². The summed E-state index contributed by atoms with van der Waals surface area (Å²) in [5, 5.41) is 12.1. The average Bonchev–Trinajstić information content (AvgIpc) is 3.28. The predicted octanol–water partition coefficient (Wildman–Crippen LogP) is 2.23. The van der Waals surface area contributed by atoms with Crippen molar-refractivity contribution in [3.05, 3.63) is 93.4 Å². The smallest absolute Gasteiger partial charge is 0.350 e. The minimum Gasteiger partial charge on any atom is -0.493 e. The Morgan fingerprint density at radius 1 is 1.14 bits per heavy atom. The molecule has 0 saturated heterocycles. The SMILES string of the molecule is COc1cc(C(Cc2ccc(C(=N)N)cc2)c2nn(-c3ncccn3)c(=O)[nH]2)cc(C(C)=O)c1OC. The first-order chi connectivity index (χ1) is 17.3. The molecule has 2 aromatic carbocycles. The van der Waals surface area contributed by atoms with Gasteiger partial charge in [-0.1, -0.05) is 24.3 Å². The van der Waals surface area contributed by atoms with Crippen molar-refractivity contribution in [1.29, 1.82) is 5.41 Å². The standard InChI is InChI=1S/C25H25N7O4/c1-14(33)18-12-17(13-20(35-2)21(18)36-3)19(11-15-5-7-16(8-6-15)22(26)27)23-30-25(34)32(31-23)24-28-9-4-10-29-24/h4-10,12-13,19H,11H2,1-3H3,(H3,26,27)(H,30,31,34). The summed E-state index contributed by atoms with van der Waals surface area (Å²) in [6.07, 6.45) is 3.45. The molecule has 0 radical (unpaired) electrons. The van der Waals surface area contributed by atoms with Crippen LogP contribution in [0.25, 0.3) is 5.95 Å². The van der Waals surface area contributed by atoms with Gasteiger partial charge in [0.2, 0.25) is 0 Å². The highest BCUT2D eigenvalue weighted by Gasteiger charge is 2.25. The molecule has 2 aromatic heterocycles. The summed E-state index contributed by atoms with van der Waals surface area (Å²) in [7, 11) is 2.96. The van der Waals surface area contributed by atoms with Gasteiger partial charge in [0, 0.05) is 23.9 Å². The summed E-state index contributed by atoms with van der Waals surface area (Å²) in [6.45, 7) is 1.44. The lowest BCUT2D eigenvalue weighted by Gasteiger charge is -2.19. The second-order valence-corrected chi connectivity index (χ2v) is 8.00. The van der Waals surface area contributed by atoms with Crippen LogP contribution in [-0.2, 0) is 6.42 Å². The minimum absolute atomic E-state index is 0.0324. The molecule has 0 fully saturated rings. The number of amidine groups is 1. The van der Waals surface area contributed by atoms with Crippen molar-refractivity contribution in [2.24, 2.45) is 5.73 Å². The number of aromatic amines is 1. The Balaban J connectivity index is 1.87. The first-order valence-electron chi connectivity index (χ1n) is 11.0. The van der Waals surface area contributed by atoms with Crippen molar-refractivity contribution in [1.82, 2.24) is 24.7 Å². The van der Waals surface area contributed by atoms with Crippen LogP contribution in [0.5, 0.6) is 11.5 Å². The van der Waals surface area contributed by atoms with Gasteiger partial charge in [-0.05, 0) is 42.7 Å². The highest BCUT2D eigenvalue weighted by Crippen LogP contribution is 2.37. The fourth-order valence-corrected chi connectivity index (χ4v) is 3.91. The monoisotopic (exact) mass is 487 g/mol. The molecule has 1 atom stereocenters. The largest absolute Gasteiger partial charge is 0.493 e. The molecule has 0 spiro atoms. The number of ether oxygens (including phenoxy) is 2. The third-order valence-corrected chi connectivity index (χ3v) is 5.69. The first-order valence-corrected chi connectivity index (χ1v) is 11.0. The van der Waals surface area contributed by atoms with Crippen LogP contribution in [0.15, 0.2) is 59.7 Å². The lowest BCUT2D eigenvalue weighted by Crippen LogP contribution is -2.18. The molecule has 0 aliphatic carbocycles. The molecule has 36 heavy (non-hydrogen) atoms. The van der Waals surface area contributed by atoms with Gasteiger partial charge in [-0.15, -0.1) is 9.78 Å². The number of benzene rings is 2. The zero-order valence-corrected chi connectivity index (χ0v) is 20.0. The zero-order chi connectivity index (χ0) is 25.8. The van der Waals surface area contributed by atoms with E-state index in [2.05, 4.69) is 20.1 Å². The van der Waals surface area contributed by atoms with E-state index < -0.39 is 11.6 Å². The minimum atomic E-state index is -0.500. The number of nitrogens with zero attached hydrogens (tertiary/aromatic N) is 4. The number of carbonyl (C=O) groups excluding carboxylic acids is 1. The maximum Gasteiger partial charge on any atom is 0.350 e. The molecule has 4 N–H and O–H groups in total. The maximum atomic E-state index is 12.8. The van der Waals surface area contributed by atoms with Gasteiger partial charge in [0.05, 0.1) is 19.8 Å². The molecule has 11 nitrogen and oxygen atoms in total. The van der Waals surface area contributed by atoms with Crippen molar-refractivity contribution in [3.63, 3.8) is 0 Å². The summed E-state index contributed by atoms with van der Waals surface area (Å²) in [5.41, 5.74) is 7.61. The van der Waals surface area contributed by atoms with Crippen LogP contribution in [0.4, 0.5) is 0 Å². The van der Waals surface area contributed by atoms with Crippen molar-refractivity contribution >= 4 is 11.6 Å². The van der Waals surface area contributed by atoms with Crippen LogP contribution < -0.4 is 20.9 Å². The third-order valence-electron chi connectivity index (χ3n) is 5.69. The fourth-order valence-electron chi connectivity index (χ4n) is 3.91. The Morgan fingerprint density at radius 2 is 1.83 bits per heavy atom. The Kier molecular flexibility index (Phi) is 6.91. The molecule has 0 bridgehead atoms. The normalized spacial score (nSPS) is 11.6. The van der Waals surface area contributed by atoms with Gasteiger partial charge in [-0.2, -0.15) is 0 Å². The Morgan fingerprint density at radius 3 is 2.42 bits per heavy atom. The molecule has 4 aromatic rings. The topological polar surface area (TPSA) is 162 Å². The predicted molar refractivity (Wildman–Crippen MR) is 132 cm³/mol. The molecule has 0 amide bonds. The summed E-state index contributed by atoms with van der Waals surface area (Å²) in [5.74, 6) is 0.475. The van der Waals surface area contributed by atoms with Crippen LogP contribution in [0, 0.1) is 5.41 Å². The molecule has 11 heteroatoms. The van der Waals surface area contributed by atoms with Crippen molar-refractivity contribution in [2.75, 3.05) is 14.2 Å². The molecule has 1 unspecified atom stereocenters. The Labute approximate surface area is 206 Å². The highest BCUT2D eigenvalue weighted by molar-refractivity contribution is 5.98. The number of hydrogen-bond donors (Lipinski definition) is 3. The summed E-state index contributed by atoms with van der Waals surface area (Å²) < 4.78 is 12.0. The van der Waals surface area contributed by atoms with E-state index in [4.69, 9.17) is 20.6 Å². The van der Waals surface area contributed by atoms with E-state index in [0.29, 0.717) is 40.4 Å². The van der Waals surface area contributed by atoms with Gasteiger partial charge in [-0.3, -0.25) is 15.2 Å². The number of ketones is 1. The van der Waals surface area contributed by atoms with Gasteiger partial charge in [0.25, 0.3) is 5.95 Å². The third kappa shape index (κ3) is 4.85. The van der Waals surface area contributed by atoms with Crippen molar-refractivity contribution in [2.45, 2.75) is 19.3 Å². The van der Waals surface area contributed by atoms with E-state index >= 15 is 0 Å². The molecular weight excluding hydrogens is 462 g/mol. The number of nitrogens with two attached hydrogens (primary N) is 1. The highest BCUT2D eigenvalue weighted by atomic mass is 16.5. The fraction of sp³-hybridized carbons (Fsp3) is 0.200. The lowest BCUT2D eigenvalue weighted by molar-refractivity contribution is 0.101. The van der Waals surface area contributed by atoms with Crippen LogP contribution in [0.1, 0.15) is 45.7 Å². The number of nitrogen functional groups attached to an aromatic ring is 1. The van der Waals surface area contributed by atoms with Gasteiger partial charge in [-0.25, -0.2) is 14.8 Å². The second-order valence-electron chi connectivity index (χ2n) is 8.00. The molecule has 4 rings (SSSR count). The van der Waals surface area contributed by atoms with Gasteiger partial charge in [0.1, 0.15) is 11.7 Å². The zero-order valence-electron chi connectivity index (χ0n) is 20.0. The first kappa shape index (κ1) is 24.3. The quantitative estimate of drug-likeness (QED) is 0.184. The maximum absolute atomic E-state index is 12.8. The molecule has 2 heterocycles. The van der Waals surface area contributed by atoms with Gasteiger partial charge < -0.3 is 15.2 Å². The number of aromatic nitrogens is 5. The van der Waals surface area contributed by atoms with Crippen molar-refractivity contribution < 1.29 is 14.3 Å². The molecule has 0 aliphatic rings. The van der Waals surface area contributed by atoms with E-state index in [-0.39, 0.29) is 17.6 Å². The molecule has 0 saturated carbocycles. The van der Waals surface area contributed by atoms with Crippen LogP contribution in [0.3, 0.4) is 0 Å². The second kappa shape index (κ2) is 10.2. The summed E-state index contributed by atoms with van der Waals surface area (Å²) in [6, 6.07) is 12.3. The number of Topliss-reactive ketones (excluding diaryl/α,β-unsaturated/α-hetero) is 1. The Bertz CT molecular complexity index is 1460. The number of methoxy groups -OCH3 is 2. The molecule has 0 aliphatic heterocycles. The molecule has 184 valence electrons. The summed E-state index contributed by atoms with van der Waals surface area (Å²) in [4.78, 5) is 36.3. The number of carbonyl (C=O) groups is 1. The number of hydrogen-bond acceptors (Lipinski definition) is 8. The van der Waals surface area contributed by atoms with Gasteiger partial charge >= 0.3 is 5.69 Å². The number of nitrogens with one attached hydrogen (secondary N) is 2. The Hall–Kier alpha value is -4.80. The van der Waals surface area contributed by atoms with E-state index in [0.717, 1.165) is 10.2 Å². The molecular formula is C25H25N7O4. The van der Waals surface area contributed by atoms with Crippen LogP contribution in [0.2, 0.25) is 0 Å². The summed E-state index contributed by atoms with van der Waals surface area (Å²) >= 11 is 0. The van der Waals surface area contributed by atoms with E-state index in [1.165, 1.54) is 33.5 Å².